The molecular formula is C13H20ClNO4. The summed E-state index contributed by atoms with van der Waals surface area (Å²) in [4.78, 5) is 0. The van der Waals surface area contributed by atoms with Crippen LogP contribution in [0.25, 0.3) is 0 Å². The highest BCUT2D eigenvalue weighted by Crippen LogP contribution is 2.30. The molecule has 0 fully saturated rings. The lowest BCUT2D eigenvalue weighted by molar-refractivity contribution is 0.0938. The van der Waals surface area contributed by atoms with Crippen molar-refractivity contribution in [2.75, 3.05) is 39.6 Å². The average Bonchev–Trinajstić information content (AvgIpc) is 2.42. The summed E-state index contributed by atoms with van der Waals surface area (Å²) in [7, 11) is 0. The zero-order valence-electron chi connectivity index (χ0n) is 10.8. The summed E-state index contributed by atoms with van der Waals surface area (Å²) in [5.74, 6) is 1.63. The monoisotopic (exact) mass is 289 g/mol. The second-order valence-electron chi connectivity index (χ2n) is 3.99. The zero-order chi connectivity index (χ0) is 12.6. The van der Waals surface area contributed by atoms with E-state index in [1.165, 1.54) is 0 Å². The zero-order valence-corrected chi connectivity index (χ0v) is 11.6. The maximum absolute atomic E-state index is 8.54. The van der Waals surface area contributed by atoms with E-state index in [1.54, 1.807) is 0 Å². The van der Waals surface area contributed by atoms with Crippen LogP contribution in [0.4, 0.5) is 0 Å². The molecule has 0 atom stereocenters. The normalized spacial score (nSPS) is 12.9. The molecule has 0 bridgehead atoms. The number of fused-ring (bicyclic) bond motifs is 1. The Hall–Kier alpha value is -1.01. The third-order valence-electron chi connectivity index (χ3n) is 2.59. The minimum atomic E-state index is 0. The van der Waals surface area contributed by atoms with Crippen LogP contribution < -0.4 is 14.8 Å². The lowest BCUT2D eigenvalue weighted by Crippen LogP contribution is -2.20. The number of aliphatic hydroxyl groups is 1. The molecule has 1 heterocycles. The van der Waals surface area contributed by atoms with Crippen LogP contribution in [0.5, 0.6) is 11.5 Å². The number of rotatable bonds is 7. The predicted molar refractivity (Wildman–Crippen MR) is 74.3 cm³/mol. The molecule has 2 N–H and O–H groups in total. The minimum Gasteiger partial charge on any atom is -0.486 e. The summed E-state index contributed by atoms with van der Waals surface area (Å²) < 4.78 is 16.1. The van der Waals surface area contributed by atoms with Gasteiger partial charge in [-0.05, 0) is 17.7 Å². The molecule has 1 aliphatic heterocycles. The van der Waals surface area contributed by atoms with E-state index in [9.17, 15) is 0 Å². The Kier molecular flexibility index (Phi) is 7.59. The van der Waals surface area contributed by atoms with Crippen molar-refractivity contribution in [3.63, 3.8) is 0 Å². The van der Waals surface area contributed by atoms with Crippen molar-refractivity contribution in [3.05, 3.63) is 23.8 Å². The summed E-state index contributed by atoms with van der Waals surface area (Å²) in [6, 6.07) is 5.96. The average molecular weight is 290 g/mol. The summed E-state index contributed by atoms with van der Waals surface area (Å²) in [6.45, 7) is 3.82. The molecule has 0 unspecified atom stereocenters. The van der Waals surface area contributed by atoms with Crippen LogP contribution in [-0.4, -0.2) is 44.7 Å². The van der Waals surface area contributed by atoms with Gasteiger partial charge in [-0.25, -0.2) is 0 Å². The SMILES string of the molecule is Cl.OCCOCCNCc1ccc2c(c1)OCCO2. The van der Waals surface area contributed by atoms with E-state index in [0.29, 0.717) is 26.4 Å². The van der Waals surface area contributed by atoms with Crippen molar-refractivity contribution < 1.29 is 19.3 Å². The molecule has 1 aliphatic rings. The summed E-state index contributed by atoms with van der Waals surface area (Å²) in [5, 5.41) is 11.8. The molecular weight excluding hydrogens is 270 g/mol. The Morgan fingerprint density at radius 2 is 1.95 bits per heavy atom. The quantitative estimate of drug-likeness (QED) is 0.733. The van der Waals surface area contributed by atoms with Gasteiger partial charge < -0.3 is 24.6 Å². The van der Waals surface area contributed by atoms with Gasteiger partial charge in [0.2, 0.25) is 0 Å². The fourth-order valence-electron chi connectivity index (χ4n) is 1.74. The topological polar surface area (TPSA) is 60.0 Å². The number of hydrogen-bond acceptors (Lipinski definition) is 5. The second kappa shape index (κ2) is 8.98. The number of halogens is 1. The van der Waals surface area contributed by atoms with Crippen LogP contribution in [-0.2, 0) is 11.3 Å². The van der Waals surface area contributed by atoms with E-state index < -0.39 is 0 Å². The molecule has 19 heavy (non-hydrogen) atoms. The molecule has 108 valence electrons. The molecule has 0 aliphatic carbocycles. The standard InChI is InChI=1S/C13H19NO4.ClH/c15-4-6-16-5-3-14-10-11-1-2-12-13(9-11)18-8-7-17-12;/h1-2,9,14-15H,3-8,10H2;1H. The van der Waals surface area contributed by atoms with Gasteiger partial charge in [0.25, 0.3) is 0 Å². The Morgan fingerprint density at radius 3 is 2.74 bits per heavy atom. The molecule has 5 nitrogen and oxygen atoms in total. The Labute approximate surface area is 119 Å². The van der Waals surface area contributed by atoms with Crippen LogP contribution >= 0.6 is 12.4 Å². The third-order valence-corrected chi connectivity index (χ3v) is 2.59. The number of aliphatic hydroxyl groups excluding tert-OH is 1. The molecule has 0 spiro atoms. The van der Waals surface area contributed by atoms with Crippen molar-refractivity contribution in [1.82, 2.24) is 5.32 Å². The highest BCUT2D eigenvalue weighted by Gasteiger charge is 2.11. The number of nitrogens with one attached hydrogen (secondary N) is 1. The molecule has 1 aromatic carbocycles. The van der Waals surface area contributed by atoms with Crippen LogP contribution in [0.2, 0.25) is 0 Å². The fraction of sp³-hybridized carbons (Fsp3) is 0.538. The van der Waals surface area contributed by atoms with E-state index in [1.807, 2.05) is 18.2 Å². The highest BCUT2D eigenvalue weighted by molar-refractivity contribution is 5.85. The van der Waals surface area contributed by atoms with Gasteiger partial charge in [-0.15, -0.1) is 12.4 Å². The first-order valence-electron chi connectivity index (χ1n) is 6.18. The molecule has 2 rings (SSSR count). The smallest absolute Gasteiger partial charge is 0.161 e. The van der Waals surface area contributed by atoms with Crippen LogP contribution in [0, 0.1) is 0 Å². The van der Waals surface area contributed by atoms with Gasteiger partial charge in [0, 0.05) is 13.1 Å². The number of ether oxygens (including phenoxy) is 3. The molecule has 0 amide bonds. The fourth-order valence-corrected chi connectivity index (χ4v) is 1.74. The maximum Gasteiger partial charge on any atom is 0.161 e. The Balaban J connectivity index is 0.00000180. The van der Waals surface area contributed by atoms with Crippen LogP contribution in [0.15, 0.2) is 18.2 Å². The lowest BCUT2D eigenvalue weighted by Gasteiger charge is -2.19. The Bertz CT molecular complexity index is 376. The van der Waals surface area contributed by atoms with Crippen molar-refractivity contribution >= 4 is 12.4 Å². The molecule has 0 aromatic heterocycles. The first kappa shape index (κ1) is 16.0. The van der Waals surface area contributed by atoms with E-state index in [0.717, 1.165) is 30.2 Å². The third kappa shape index (κ3) is 5.24. The maximum atomic E-state index is 8.54. The van der Waals surface area contributed by atoms with Gasteiger partial charge in [0.15, 0.2) is 11.5 Å². The van der Waals surface area contributed by atoms with Gasteiger partial charge >= 0.3 is 0 Å². The largest absolute Gasteiger partial charge is 0.486 e. The lowest BCUT2D eigenvalue weighted by atomic mass is 10.2. The Morgan fingerprint density at radius 1 is 1.16 bits per heavy atom. The first-order valence-corrected chi connectivity index (χ1v) is 6.18. The number of hydrogen-bond donors (Lipinski definition) is 2. The molecule has 0 radical (unpaired) electrons. The van der Waals surface area contributed by atoms with Gasteiger partial charge in [-0.2, -0.15) is 0 Å². The van der Waals surface area contributed by atoms with E-state index in [4.69, 9.17) is 19.3 Å². The molecule has 1 aromatic rings. The number of benzene rings is 1. The van der Waals surface area contributed by atoms with E-state index in [2.05, 4.69) is 5.32 Å². The van der Waals surface area contributed by atoms with Gasteiger partial charge in [-0.3, -0.25) is 0 Å². The summed E-state index contributed by atoms with van der Waals surface area (Å²) in [5.41, 5.74) is 1.15. The van der Waals surface area contributed by atoms with Crippen molar-refractivity contribution in [1.29, 1.82) is 0 Å². The second-order valence-corrected chi connectivity index (χ2v) is 3.99. The molecule has 0 saturated carbocycles. The van der Waals surface area contributed by atoms with Crippen molar-refractivity contribution in [2.24, 2.45) is 0 Å². The van der Waals surface area contributed by atoms with Gasteiger partial charge in [0.1, 0.15) is 13.2 Å². The predicted octanol–water partition coefficient (Wildman–Crippen LogP) is 0.978. The van der Waals surface area contributed by atoms with Crippen molar-refractivity contribution in [2.45, 2.75) is 6.54 Å². The van der Waals surface area contributed by atoms with Gasteiger partial charge in [0.05, 0.1) is 19.8 Å². The van der Waals surface area contributed by atoms with E-state index in [-0.39, 0.29) is 19.0 Å². The van der Waals surface area contributed by atoms with Crippen LogP contribution in [0.1, 0.15) is 5.56 Å². The van der Waals surface area contributed by atoms with Crippen molar-refractivity contribution in [3.8, 4) is 11.5 Å². The summed E-state index contributed by atoms with van der Waals surface area (Å²) in [6.07, 6.45) is 0. The summed E-state index contributed by atoms with van der Waals surface area (Å²) >= 11 is 0. The molecule has 0 saturated heterocycles. The molecule has 6 heteroatoms. The van der Waals surface area contributed by atoms with Gasteiger partial charge in [-0.1, -0.05) is 6.07 Å². The highest BCUT2D eigenvalue weighted by atomic mass is 35.5. The van der Waals surface area contributed by atoms with Crippen LogP contribution in [0.3, 0.4) is 0 Å². The first-order chi connectivity index (χ1) is 8.90. The van der Waals surface area contributed by atoms with E-state index >= 15 is 0 Å². The minimum absolute atomic E-state index is 0.